The first-order chi connectivity index (χ1) is 6.63. The Labute approximate surface area is 81.4 Å². The van der Waals surface area contributed by atoms with E-state index >= 15 is 0 Å². The number of benzene rings is 1. The van der Waals surface area contributed by atoms with Crippen molar-refractivity contribution in [3.63, 3.8) is 0 Å². The zero-order valence-corrected chi connectivity index (χ0v) is 7.59. The topological polar surface area (TPSA) is 55.1 Å². The molecule has 3 N–H and O–H groups in total. The summed E-state index contributed by atoms with van der Waals surface area (Å²) in [6.45, 7) is 3.79. The van der Waals surface area contributed by atoms with E-state index in [4.69, 9.17) is 5.73 Å². The molecule has 1 aromatic rings. The summed E-state index contributed by atoms with van der Waals surface area (Å²) in [5.41, 5.74) is 5.83. The quantitative estimate of drug-likeness (QED) is 0.563. The van der Waals surface area contributed by atoms with E-state index in [9.17, 15) is 9.18 Å². The summed E-state index contributed by atoms with van der Waals surface area (Å²) in [5, 5.41) is 2.52. The van der Waals surface area contributed by atoms with Crippen LogP contribution in [0.1, 0.15) is 10.4 Å². The smallest absolute Gasteiger partial charge is 0.251 e. The maximum Gasteiger partial charge on any atom is 0.251 e. The van der Waals surface area contributed by atoms with Crippen molar-refractivity contribution >= 4 is 11.6 Å². The van der Waals surface area contributed by atoms with Crippen LogP contribution in [0.15, 0.2) is 30.9 Å². The summed E-state index contributed by atoms with van der Waals surface area (Å²) >= 11 is 0. The number of amides is 1. The average Bonchev–Trinajstić information content (AvgIpc) is 2.12. The standard InChI is InChI=1S/C10H11FN2O/c1-2-3-13-10(14)7-4-8(11)6-9(12)5-7/h2,4-6H,1,3,12H2,(H,13,14). The second-order valence-electron chi connectivity index (χ2n) is 2.77. The molecule has 1 rings (SSSR count). The number of nitrogens with two attached hydrogens (primary N) is 1. The van der Waals surface area contributed by atoms with Crippen LogP contribution in [0.3, 0.4) is 0 Å². The largest absolute Gasteiger partial charge is 0.399 e. The van der Waals surface area contributed by atoms with Crippen molar-refractivity contribution in [3.8, 4) is 0 Å². The molecule has 3 nitrogen and oxygen atoms in total. The summed E-state index contributed by atoms with van der Waals surface area (Å²) in [4.78, 5) is 11.3. The van der Waals surface area contributed by atoms with Crippen LogP contribution >= 0.6 is 0 Å². The molecular weight excluding hydrogens is 183 g/mol. The molecule has 0 aromatic heterocycles. The van der Waals surface area contributed by atoms with Gasteiger partial charge in [-0.1, -0.05) is 6.08 Å². The van der Waals surface area contributed by atoms with Gasteiger partial charge in [0.25, 0.3) is 5.91 Å². The molecule has 0 heterocycles. The number of hydrogen-bond donors (Lipinski definition) is 2. The highest BCUT2D eigenvalue weighted by Gasteiger charge is 2.06. The van der Waals surface area contributed by atoms with Gasteiger partial charge in [-0.15, -0.1) is 6.58 Å². The number of halogens is 1. The first kappa shape index (κ1) is 10.2. The normalized spacial score (nSPS) is 9.50. The predicted octanol–water partition coefficient (Wildman–Crippen LogP) is 1.32. The molecule has 4 heteroatoms. The van der Waals surface area contributed by atoms with Crippen molar-refractivity contribution in [2.45, 2.75) is 0 Å². The maximum absolute atomic E-state index is 12.8. The van der Waals surface area contributed by atoms with E-state index in [1.807, 2.05) is 0 Å². The van der Waals surface area contributed by atoms with Gasteiger partial charge in [0.1, 0.15) is 5.82 Å². The minimum Gasteiger partial charge on any atom is -0.399 e. The molecule has 1 aromatic carbocycles. The maximum atomic E-state index is 12.8. The highest BCUT2D eigenvalue weighted by Crippen LogP contribution is 2.10. The van der Waals surface area contributed by atoms with Crippen LogP contribution in [-0.4, -0.2) is 12.5 Å². The fourth-order valence-electron chi connectivity index (χ4n) is 1.01. The SMILES string of the molecule is C=CCNC(=O)c1cc(N)cc(F)c1. The monoisotopic (exact) mass is 194 g/mol. The highest BCUT2D eigenvalue weighted by molar-refractivity contribution is 5.95. The second-order valence-corrected chi connectivity index (χ2v) is 2.77. The first-order valence-corrected chi connectivity index (χ1v) is 4.08. The van der Waals surface area contributed by atoms with Crippen LogP contribution in [0.25, 0.3) is 0 Å². The van der Waals surface area contributed by atoms with Crippen LogP contribution in [0.2, 0.25) is 0 Å². The molecule has 0 unspecified atom stereocenters. The third-order valence-corrected chi connectivity index (χ3v) is 1.59. The molecule has 0 bridgehead atoms. The lowest BCUT2D eigenvalue weighted by molar-refractivity contribution is 0.0957. The van der Waals surface area contributed by atoms with Gasteiger partial charge >= 0.3 is 0 Å². The molecule has 0 radical (unpaired) electrons. The van der Waals surface area contributed by atoms with Crippen LogP contribution in [0.5, 0.6) is 0 Å². The summed E-state index contributed by atoms with van der Waals surface area (Å²) in [6.07, 6.45) is 1.54. The third kappa shape index (κ3) is 2.58. The Morgan fingerprint density at radius 1 is 1.57 bits per heavy atom. The number of rotatable bonds is 3. The molecule has 0 saturated carbocycles. The van der Waals surface area contributed by atoms with Gasteiger partial charge in [0.15, 0.2) is 0 Å². The van der Waals surface area contributed by atoms with Gasteiger partial charge < -0.3 is 11.1 Å². The van der Waals surface area contributed by atoms with E-state index in [1.165, 1.54) is 6.07 Å². The molecule has 74 valence electrons. The first-order valence-electron chi connectivity index (χ1n) is 4.08. The number of nitrogens with one attached hydrogen (secondary N) is 1. The number of nitrogen functional groups attached to an aromatic ring is 1. The third-order valence-electron chi connectivity index (χ3n) is 1.59. The summed E-state index contributed by atoms with van der Waals surface area (Å²) in [7, 11) is 0. The van der Waals surface area contributed by atoms with Gasteiger partial charge in [0.05, 0.1) is 0 Å². The Morgan fingerprint density at radius 2 is 2.29 bits per heavy atom. The van der Waals surface area contributed by atoms with E-state index in [0.29, 0.717) is 6.54 Å². The number of carbonyl (C=O) groups is 1. The predicted molar refractivity (Wildman–Crippen MR) is 53.3 cm³/mol. The van der Waals surface area contributed by atoms with Gasteiger partial charge in [-0.25, -0.2) is 4.39 Å². The molecular formula is C10H11FN2O. The summed E-state index contributed by atoms with van der Waals surface area (Å²) < 4.78 is 12.8. The van der Waals surface area contributed by atoms with Crippen molar-refractivity contribution in [2.75, 3.05) is 12.3 Å². The number of carbonyl (C=O) groups excluding carboxylic acids is 1. The average molecular weight is 194 g/mol. The lowest BCUT2D eigenvalue weighted by atomic mass is 10.2. The van der Waals surface area contributed by atoms with Gasteiger partial charge in [-0.2, -0.15) is 0 Å². The highest BCUT2D eigenvalue weighted by atomic mass is 19.1. The molecule has 0 saturated heterocycles. The molecule has 0 aliphatic carbocycles. The van der Waals surface area contributed by atoms with Gasteiger partial charge in [-0.05, 0) is 18.2 Å². The Kier molecular flexibility index (Phi) is 3.23. The molecule has 0 atom stereocenters. The molecule has 0 spiro atoms. The summed E-state index contributed by atoms with van der Waals surface area (Å²) in [5.74, 6) is -0.884. The Hall–Kier alpha value is -1.84. The molecule has 14 heavy (non-hydrogen) atoms. The lowest BCUT2D eigenvalue weighted by Gasteiger charge is -2.03. The Balaban J connectivity index is 2.84. The van der Waals surface area contributed by atoms with Crippen molar-refractivity contribution in [2.24, 2.45) is 0 Å². The van der Waals surface area contributed by atoms with Crippen LogP contribution in [0, 0.1) is 5.82 Å². The van der Waals surface area contributed by atoms with Crippen molar-refractivity contribution in [1.29, 1.82) is 0 Å². The fraction of sp³-hybridized carbons (Fsp3) is 0.100. The molecule has 1 amide bonds. The molecule has 0 aliphatic rings. The zero-order chi connectivity index (χ0) is 10.6. The Bertz CT molecular complexity index is 343. The Morgan fingerprint density at radius 3 is 2.86 bits per heavy atom. The number of anilines is 1. The van der Waals surface area contributed by atoms with Crippen LogP contribution < -0.4 is 11.1 Å². The van der Waals surface area contributed by atoms with E-state index in [-0.39, 0.29) is 17.2 Å². The van der Waals surface area contributed by atoms with E-state index in [2.05, 4.69) is 11.9 Å². The summed E-state index contributed by atoms with van der Waals surface area (Å²) in [6, 6.07) is 3.71. The van der Waals surface area contributed by atoms with Gasteiger partial charge in [0, 0.05) is 17.8 Å². The molecule has 0 fully saturated rings. The van der Waals surface area contributed by atoms with Gasteiger partial charge in [0.2, 0.25) is 0 Å². The van der Waals surface area contributed by atoms with Crippen LogP contribution in [0.4, 0.5) is 10.1 Å². The van der Waals surface area contributed by atoms with E-state index in [1.54, 1.807) is 6.08 Å². The van der Waals surface area contributed by atoms with E-state index < -0.39 is 5.82 Å². The van der Waals surface area contributed by atoms with Crippen LogP contribution in [-0.2, 0) is 0 Å². The van der Waals surface area contributed by atoms with Gasteiger partial charge in [-0.3, -0.25) is 4.79 Å². The van der Waals surface area contributed by atoms with Crippen molar-refractivity contribution < 1.29 is 9.18 Å². The molecule has 0 aliphatic heterocycles. The second kappa shape index (κ2) is 4.41. The fourth-order valence-corrected chi connectivity index (χ4v) is 1.01. The van der Waals surface area contributed by atoms with Crippen molar-refractivity contribution in [1.82, 2.24) is 5.32 Å². The minimum atomic E-state index is -0.520. The zero-order valence-electron chi connectivity index (χ0n) is 7.59. The minimum absolute atomic E-state index is 0.212. The lowest BCUT2D eigenvalue weighted by Crippen LogP contribution is -2.23. The van der Waals surface area contributed by atoms with E-state index in [0.717, 1.165) is 12.1 Å². The number of hydrogen-bond acceptors (Lipinski definition) is 2. The van der Waals surface area contributed by atoms with Crippen molar-refractivity contribution in [3.05, 3.63) is 42.2 Å².